The Bertz CT molecular complexity index is 645. The number of carbonyl (C=O) groups excluding carboxylic acids is 1. The summed E-state index contributed by atoms with van der Waals surface area (Å²) < 4.78 is 0. The fourth-order valence-electron chi connectivity index (χ4n) is 2.19. The Morgan fingerprint density at radius 2 is 1.86 bits per heavy atom. The molecule has 2 rings (SSSR count). The first kappa shape index (κ1) is 16.0. The highest BCUT2D eigenvalue weighted by Gasteiger charge is 2.09. The van der Waals surface area contributed by atoms with E-state index >= 15 is 0 Å². The van der Waals surface area contributed by atoms with Crippen molar-refractivity contribution >= 4 is 17.3 Å². The van der Waals surface area contributed by atoms with Crippen LogP contribution in [0.3, 0.4) is 0 Å². The third-order valence-electron chi connectivity index (χ3n) is 3.42. The Kier molecular flexibility index (Phi) is 5.15. The molecule has 1 heterocycles. The van der Waals surface area contributed by atoms with E-state index in [1.165, 1.54) is 0 Å². The van der Waals surface area contributed by atoms with Gasteiger partial charge in [-0.2, -0.15) is 0 Å². The molecule has 1 aromatic heterocycles. The van der Waals surface area contributed by atoms with Gasteiger partial charge in [0.25, 0.3) is 5.91 Å². The maximum absolute atomic E-state index is 12.1. The van der Waals surface area contributed by atoms with Gasteiger partial charge in [0.1, 0.15) is 0 Å². The molecule has 0 aliphatic carbocycles. The monoisotopic (exact) mass is 297 g/mol. The lowest BCUT2D eigenvalue weighted by Gasteiger charge is -2.13. The molecule has 0 unspecified atom stereocenters. The summed E-state index contributed by atoms with van der Waals surface area (Å²) in [5.74, 6) is 0.333. The number of benzene rings is 1. The van der Waals surface area contributed by atoms with Crippen LogP contribution in [0.2, 0.25) is 0 Å². The lowest BCUT2D eigenvalue weighted by molar-refractivity contribution is 0.0948. The van der Waals surface area contributed by atoms with Crippen LogP contribution in [0.15, 0.2) is 36.7 Å². The van der Waals surface area contributed by atoms with Crippen molar-refractivity contribution in [3.8, 4) is 0 Å². The van der Waals surface area contributed by atoms with E-state index in [0.29, 0.717) is 18.0 Å². The minimum atomic E-state index is -0.0913. The predicted octanol–water partition coefficient (Wildman–Crippen LogP) is 3.83. The van der Waals surface area contributed by atoms with Crippen molar-refractivity contribution in [2.75, 3.05) is 11.9 Å². The van der Waals surface area contributed by atoms with Gasteiger partial charge in [-0.15, -0.1) is 0 Å². The zero-order valence-electron chi connectivity index (χ0n) is 13.6. The third kappa shape index (κ3) is 4.07. The van der Waals surface area contributed by atoms with Gasteiger partial charge in [0.15, 0.2) is 0 Å². The molecule has 4 heteroatoms. The van der Waals surface area contributed by atoms with E-state index in [4.69, 9.17) is 0 Å². The van der Waals surface area contributed by atoms with Crippen LogP contribution in [0.25, 0.3) is 0 Å². The summed E-state index contributed by atoms with van der Waals surface area (Å²) in [7, 11) is 0. The van der Waals surface area contributed by atoms with Crippen molar-refractivity contribution in [2.24, 2.45) is 5.92 Å². The normalized spacial score (nSPS) is 10.6. The molecule has 0 aliphatic rings. The second-order valence-corrected chi connectivity index (χ2v) is 5.96. The molecule has 2 aromatic rings. The molecule has 0 radical (unpaired) electrons. The lowest BCUT2D eigenvalue weighted by atomic mass is 10.1. The molecule has 0 saturated heterocycles. The van der Waals surface area contributed by atoms with Crippen LogP contribution in [0, 0.1) is 19.8 Å². The molecular weight excluding hydrogens is 274 g/mol. The van der Waals surface area contributed by atoms with Gasteiger partial charge < -0.3 is 10.6 Å². The standard InChI is InChI=1S/C18H23N3O/c1-12(2)9-20-18(22)15-8-16(11-19-10-15)21-17-13(3)6-5-7-14(17)4/h5-8,10-12,21H,9H2,1-4H3,(H,20,22). The van der Waals surface area contributed by atoms with Gasteiger partial charge in [0, 0.05) is 18.4 Å². The summed E-state index contributed by atoms with van der Waals surface area (Å²) in [5.41, 5.74) is 4.76. The minimum absolute atomic E-state index is 0.0913. The van der Waals surface area contributed by atoms with E-state index in [0.717, 1.165) is 22.5 Å². The lowest BCUT2D eigenvalue weighted by Crippen LogP contribution is -2.27. The van der Waals surface area contributed by atoms with Crippen molar-refractivity contribution in [3.05, 3.63) is 53.3 Å². The van der Waals surface area contributed by atoms with Crippen molar-refractivity contribution in [1.82, 2.24) is 10.3 Å². The average molecular weight is 297 g/mol. The number of aryl methyl sites for hydroxylation is 2. The number of hydrogen-bond donors (Lipinski definition) is 2. The van der Waals surface area contributed by atoms with Crippen LogP contribution in [0.1, 0.15) is 35.3 Å². The molecule has 0 fully saturated rings. The van der Waals surface area contributed by atoms with Gasteiger partial charge >= 0.3 is 0 Å². The first-order chi connectivity index (χ1) is 10.5. The number of nitrogens with zero attached hydrogens (tertiary/aromatic N) is 1. The first-order valence-corrected chi connectivity index (χ1v) is 7.54. The van der Waals surface area contributed by atoms with Gasteiger partial charge in [-0.25, -0.2) is 0 Å². The van der Waals surface area contributed by atoms with Gasteiger partial charge in [-0.1, -0.05) is 32.0 Å². The average Bonchev–Trinajstić information content (AvgIpc) is 2.49. The molecule has 2 N–H and O–H groups in total. The number of carbonyl (C=O) groups is 1. The number of anilines is 2. The van der Waals surface area contributed by atoms with E-state index in [-0.39, 0.29) is 5.91 Å². The van der Waals surface area contributed by atoms with Crippen LogP contribution < -0.4 is 10.6 Å². The van der Waals surface area contributed by atoms with Crippen LogP contribution in [0.5, 0.6) is 0 Å². The smallest absolute Gasteiger partial charge is 0.252 e. The summed E-state index contributed by atoms with van der Waals surface area (Å²) in [6, 6.07) is 7.97. The number of rotatable bonds is 5. The quantitative estimate of drug-likeness (QED) is 0.882. The molecule has 22 heavy (non-hydrogen) atoms. The van der Waals surface area contributed by atoms with Crippen LogP contribution in [-0.2, 0) is 0 Å². The van der Waals surface area contributed by atoms with Gasteiger partial charge in [-0.05, 0) is 37.0 Å². The minimum Gasteiger partial charge on any atom is -0.354 e. The summed E-state index contributed by atoms with van der Waals surface area (Å²) in [6.07, 6.45) is 3.32. The zero-order valence-corrected chi connectivity index (χ0v) is 13.6. The number of hydrogen-bond acceptors (Lipinski definition) is 3. The first-order valence-electron chi connectivity index (χ1n) is 7.54. The molecular formula is C18H23N3O. The number of aromatic nitrogens is 1. The predicted molar refractivity (Wildman–Crippen MR) is 90.6 cm³/mol. The molecule has 1 amide bonds. The van der Waals surface area contributed by atoms with Crippen molar-refractivity contribution in [3.63, 3.8) is 0 Å². The van der Waals surface area contributed by atoms with Crippen LogP contribution in [-0.4, -0.2) is 17.4 Å². The molecule has 0 aliphatic heterocycles. The second-order valence-electron chi connectivity index (χ2n) is 5.96. The van der Waals surface area contributed by atoms with E-state index in [1.807, 2.05) is 12.1 Å². The van der Waals surface area contributed by atoms with Gasteiger partial charge in [0.05, 0.1) is 17.4 Å². The summed E-state index contributed by atoms with van der Waals surface area (Å²) in [4.78, 5) is 16.3. The zero-order chi connectivity index (χ0) is 16.1. The highest BCUT2D eigenvalue weighted by atomic mass is 16.1. The van der Waals surface area contributed by atoms with Gasteiger partial charge in [-0.3, -0.25) is 9.78 Å². The summed E-state index contributed by atoms with van der Waals surface area (Å²) >= 11 is 0. The Morgan fingerprint density at radius 1 is 1.18 bits per heavy atom. The highest BCUT2D eigenvalue weighted by molar-refractivity contribution is 5.94. The molecule has 116 valence electrons. The molecule has 1 aromatic carbocycles. The second kappa shape index (κ2) is 7.07. The van der Waals surface area contributed by atoms with Crippen molar-refractivity contribution < 1.29 is 4.79 Å². The van der Waals surface area contributed by atoms with Gasteiger partial charge in [0.2, 0.25) is 0 Å². The Morgan fingerprint density at radius 3 is 2.50 bits per heavy atom. The maximum Gasteiger partial charge on any atom is 0.252 e. The Labute approximate surface area is 132 Å². The summed E-state index contributed by atoms with van der Waals surface area (Å²) in [6.45, 7) is 8.91. The van der Waals surface area contributed by atoms with Crippen LogP contribution >= 0.6 is 0 Å². The fraction of sp³-hybridized carbons (Fsp3) is 0.333. The topological polar surface area (TPSA) is 54.0 Å². The number of nitrogens with one attached hydrogen (secondary N) is 2. The Balaban J connectivity index is 2.17. The summed E-state index contributed by atoms with van der Waals surface area (Å²) in [5, 5.41) is 6.26. The fourth-order valence-corrected chi connectivity index (χ4v) is 2.19. The van der Waals surface area contributed by atoms with E-state index in [2.05, 4.69) is 55.4 Å². The SMILES string of the molecule is Cc1cccc(C)c1Nc1cncc(C(=O)NCC(C)C)c1. The maximum atomic E-state index is 12.1. The van der Waals surface area contributed by atoms with E-state index in [9.17, 15) is 4.79 Å². The number of amides is 1. The third-order valence-corrected chi connectivity index (χ3v) is 3.42. The van der Waals surface area contributed by atoms with Crippen LogP contribution in [0.4, 0.5) is 11.4 Å². The highest BCUT2D eigenvalue weighted by Crippen LogP contribution is 2.24. The molecule has 0 bridgehead atoms. The number of pyridine rings is 1. The molecule has 0 atom stereocenters. The molecule has 0 saturated carbocycles. The molecule has 0 spiro atoms. The Hall–Kier alpha value is -2.36. The van der Waals surface area contributed by atoms with Crippen molar-refractivity contribution in [1.29, 1.82) is 0 Å². The van der Waals surface area contributed by atoms with E-state index in [1.54, 1.807) is 12.4 Å². The number of para-hydroxylation sites is 1. The largest absolute Gasteiger partial charge is 0.354 e. The van der Waals surface area contributed by atoms with Crippen molar-refractivity contribution in [2.45, 2.75) is 27.7 Å². The van der Waals surface area contributed by atoms with E-state index < -0.39 is 0 Å². The molecule has 4 nitrogen and oxygen atoms in total.